The largest absolute Gasteiger partial charge is 0.465 e. The fraction of sp³-hybridized carbons (Fsp3) is 0.261. The number of nitrogens with zero attached hydrogens (tertiary/aromatic N) is 5. The van der Waals surface area contributed by atoms with Gasteiger partial charge in [-0.15, -0.1) is 0 Å². The zero-order chi connectivity index (χ0) is 19.8. The summed E-state index contributed by atoms with van der Waals surface area (Å²) in [6.07, 6.45) is 2.77. The highest BCUT2D eigenvalue weighted by atomic mass is 16.5. The van der Waals surface area contributed by atoms with Crippen molar-refractivity contribution in [1.29, 1.82) is 0 Å². The van der Waals surface area contributed by atoms with E-state index in [9.17, 15) is 0 Å². The number of para-hydroxylation sites is 1. The number of rotatable bonds is 4. The van der Waals surface area contributed by atoms with Crippen LogP contribution in [0.15, 0.2) is 76.8 Å². The number of hydrogen-bond donors (Lipinski definition) is 0. The van der Waals surface area contributed by atoms with E-state index >= 15 is 0 Å². The normalized spacial score (nSPS) is 20.0. The molecule has 0 spiro atoms. The van der Waals surface area contributed by atoms with Gasteiger partial charge in [-0.25, -0.2) is 4.68 Å². The zero-order valence-corrected chi connectivity index (χ0v) is 16.6. The minimum absolute atomic E-state index is 0.0510. The Balaban J connectivity index is 1.64. The third kappa shape index (κ3) is 2.92. The van der Waals surface area contributed by atoms with Crippen molar-refractivity contribution < 1.29 is 4.74 Å². The first-order chi connectivity index (χ1) is 14.3. The van der Waals surface area contributed by atoms with Crippen molar-refractivity contribution >= 4 is 17.7 Å². The van der Waals surface area contributed by atoms with Gasteiger partial charge in [0.25, 0.3) is 0 Å². The average molecular weight is 385 g/mol. The Morgan fingerprint density at radius 1 is 1.00 bits per heavy atom. The number of aliphatic imine (C=N–C) groups is 2. The van der Waals surface area contributed by atoms with Gasteiger partial charge in [0.05, 0.1) is 36.1 Å². The van der Waals surface area contributed by atoms with Crippen LogP contribution >= 0.6 is 0 Å². The highest BCUT2D eigenvalue weighted by molar-refractivity contribution is 6.14. The summed E-state index contributed by atoms with van der Waals surface area (Å²) in [5.41, 5.74) is 3.10. The molecule has 0 unspecified atom stereocenters. The zero-order valence-electron chi connectivity index (χ0n) is 16.6. The first-order valence-electron chi connectivity index (χ1n) is 10.0. The maximum Gasteiger partial charge on any atom is 0.300 e. The van der Waals surface area contributed by atoms with E-state index < -0.39 is 0 Å². The van der Waals surface area contributed by atoms with Crippen LogP contribution in [0.4, 0.5) is 5.82 Å². The Morgan fingerprint density at radius 3 is 2.45 bits per heavy atom. The van der Waals surface area contributed by atoms with Gasteiger partial charge in [0, 0.05) is 0 Å². The Morgan fingerprint density at radius 2 is 1.72 bits per heavy atom. The molecule has 0 saturated carbocycles. The maximum atomic E-state index is 6.12. The molecule has 2 aliphatic heterocycles. The van der Waals surface area contributed by atoms with E-state index in [-0.39, 0.29) is 12.1 Å². The van der Waals surface area contributed by atoms with Crippen LogP contribution in [0.2, 0.25) is 0 Å². The van der Waals surface area contributed by atoms with E-state index in [4.69, 9.17) is 14.7 Å². The molecule has 0 bridgehead atoms. The van der Waals surface area contributed by atoms with Gasteiger partial charge >= 0.3 is 6.02 Å². The van der Waals surface area contributed by atoms with Gasteiger partial charge in [0.1, 0.15) is 5.84 Å². The molecule has 2 atom stereocenters. The van der Waals surface area contributed by atoms with Crippen molar-refractivity contribution in [2.75, 3.05) is 6.61 Å². The summed E-state index contributed by atoms with van der Waals surface area (Å²) in [5, 5.41) is 4.61. The average Bonchev–Trinajstić information content (AvgIpc) is 3.34. The standard InChI is InChI=1S/C23H23N5O/c1-3-14-29-23-26-22-19(15-24-28(22)18-12-8-5-9-13-18)21-25-16(2)20(27(21)23)17-10-6-4-7-11-17/h4-13,15-16,20H,3,14H2,1-2H3/t16-,20+/m1/s1. The summed E-state index contributed by atoms with van der Waals surface area (Å²) in [6, 6.07) is 21.2. The monoisotopic (exact) mass is 385 g/mol. The molecule has 0 radical (unpaired) electrons. The van der Waals surface area contributed by atoms with Crippen LogP contribution in [-0.2, 0) is 4.74 Å². The predicted octanol–water partition coefficient (Wildman–Crippen LogP) is 4.49. The van der Waals surface area contributed by atoms with Crippen molar-refractivity contribution in [2.45, 2.75) is 32.4 Å². The van der Waals surface area contributed by atoms with Crippen LogP contribution in [0.5, 0.6) is 0 Å². The van der Waals surface area contributed by atoms with Crippen LogP contribution in [-0.4, -0.2) is 39.2 Å². The van der Waals surface area contributed by atoms with Gasteiger partial charge in [-0.1, -0.05) is 55.5 Å². The number of fused-ring (bicyclic) bond motifs is 3. The van der Waals surface area contributed by atoms with Gasteiger partial charge in [0.15, 0.2) is 5.82 Å². The van der Waals surface area contributed by atoms with Gasteiger partial charge in [0.2, 0.25) is 0 Å². The Labute approximate surface area is 170 Å². The van der Waals surface area contributed by atoms with E-state index in [1.165, 1.54) is 5.56 Å². The lowest BCUT2D eigenvalue weighted by molar-refractivity contribution is 0.243. The fourth-order valence-corrected chi connectivity index (χ4v) is 3.96. The number of ether oxygens (including phenoxy) is 1. The highest BCUT2D eigenvalue weighted by Crippen LogP contribution is 2.40. The van der Waals surface area contributed by atoms with E-state index in [1.807, 2.05) is 47.3 Å². The second kappa shape index (κ2) is 7.20. The summed E-state index contributed by atoms with van der Waals surface area (Å²) in [7, 11) is 0. The second-order valence-electron chi connectivity index (χ2n) is 7.29. The first-order valence-corrected chi connectivity index (χ1v) is 10.0. The SMILES string of the molecule is CCCOC1=Nc2c(cnn2-c2ccccc2)C2=N[C@H](C)[C@@H](c3ccccc3)N12. The number of hydrogen-bond acceptors (Lipinski definition) is 5. The third-order valence-electron chi connectivity index (χ3n) is 5.26. The highest BCUT2D eigenvalue weighted by Gasteiger charge is 2.43. The first kappa shape index (κ1) is 17.7. The molecular weight excluding hydrogens is 362 g/mol. The van der Waals surface area contributed by atoms with Crippen molar-refractivity contribution in [3.63, 3.8) is 0 Å². The number of amidine groups is 2. The molecule has 3 heterocycles. The van der Waals surface area contributed by atoms with Gasteiger partial charge in [-0.05, 0) is 31.0 Å². The van der Waals surface area contributed by atoms with Crippen LogP contribution in [0.3, 0.4) is 0 Å². The van der Waals surface area contributed by atoms with Crippen molar-refractivity contribution in [2.24, 2.45) is 9.98 Å². The summed E-state index contributed by atoms with van der Waals surface area (Å²) in [4.78, 5) is 12.0. The van der Waals surface area contributed by atoms with Crippen molar-refractivity contribution in [3.05, 3.63) is 78.0 Å². The van der Waals surface area contributed by atoms with Crippen molar-refractivity contribution in [3.8, 4) is 5.69 Å². The topological polar surface area (TPSA) is 55.0 Å². The molecule has 2 aliphatic rings. The van der Waals surface area contributed by atoms with E-state index in [0.717, 1.165) is 29.3 Å². The lowest BCUT2D eigenvalue weighted by atomic mass is 10.0. The molecular formula is C23H23N5O. The smallest absolute Gasteiger partial charge is 0.300 e. The Hall–Kier alpha value is -3.41. The molecule has 0 amide bonds. The minimum atomic E-state index is 0.0510. The van der Waals surface area contributed by atoms with Crippen LogP contribution < -0.4 is 0 Å². The lowest BCUT2D eigenvalue weighted by Crippen LogP contribution is -2.41. The van der Waals surface area contributed by atoms with E-state index in [1.54, 1.807) is 0 Å². The van der Waals surface area contributed by atoms with Gasteiger partial charge in [-0.2, -0.15) is 10.1 Å². The molecule has 0 fully saturated rings. The lowest BCUT2D eigenvalue weighted by Gasteiger charge is -2.32. The van der Waals surface area contributed by atoms with Crippen LogP contribution in [0.25, 0.3) is 5.69 Å². The summed E-state index contributed by atoms with van der Waals surface area (Å²) >= 11 is 0. The molecule has 2 aromatic carbocycles. The Bertz CT molecular complexity index is 1070. The molecule has 29 heavy (non-hydrogen) atoms. The summed E-state index contributed by atoms with van der Waals surface area (Å²) in [6.45, 7) is 4.84. The quantitative estimate of drug-likeness (QED) is 0.665. The number of aromatic nitrogens is 2. The maximum absolute atomic E-state index is 6.12. The second-order valence-corrected chi connectivity index (χ2v) is 7.29. The summed E-state index contributed by atoms with van der Waals surface area (Å²) in [5.74, 6) is 1.64. The van der Waals surface area contributed by atoms with Crippen molar-refractivity contribution in [1.82, 2.24) is 14.7 Å². The van der Waals surface area contributed by atoms with Gasteiger partial charge in [-0.3, -0.25) is 9.89 Å². The number of benzene rings is 2. The Kier molecular flexibility index (Phi) is 4.39. The fourth-order valence-electron chi connectivity index (χ4n) is 3.96. The molecule has 0 aliphatic carbocycles. The van der Waals surface area contributed by atoms with Crippen LogP contribution in [0, 0.1) is 0 Å². The third-order valence-corrected chi connectivity index (χ3v) is 5.26. The van der Waals surface area contributed by atoms with Crippen LogP contribution in [0.1, 0.15) is 37.4 Å². The minimum Gasteiger partial charge on any atom is -0.465 e. The van der Waals surface area contributed by atoms with E-state index in [0.29, 0.717) is 12.6 Å². The molecule has 146 valence electrons. The van der Waals surface area contributed by atoms with Gasteiger partial charge < -0.3 is 4.74 Å². The molecule has 1 aromatic heterocycles. The molecule has 6 heteroatoms. The molecule has 6 nitrogen and oxygen atoms in total. The summed E-state index contributed by atoms with van der Waals surface area (Å²) < 4.78 is 7.97. The van der Waals surface area contributed by atoms with E-state index in [2.05, 4.69) is 48.1 Å². The predicted molar refractivity (Wildman–Crippen MR) is 114 cm³/mol. The molecule has 5 rings (SSSR count). The molecule has 0 saturated heterocycles. The molecule has 0 N–H and O–H groups in total. The molecule has 3 aromatic rings.